The highest BCUT2D eigenvalue weighted by Gasteiger charge is 2.06. The number of hydrogen-bond donors (Lipinski definition) is 2. The van der Waals surface area contributed by atoms with Crippen LogP contribution in [-0.4, -0.2) is 18.1 Å². The van der Waals surface area contributed by atoms with Crippen LogP contribution in [0.2, 0.25) is 0 Å². The molecule has 0 aliphatic heterocycles. The Hall–Kier alpha value is -2.60. The lowest BCUT2D eigenvalue weighted by Crippen LogP contribution is -2.28. The molecule has 22 heavy (non-hydrogen) atoms. The quantitative estimate of drug-likeness (QED) is 0.773. The second kappa shape index (κ2) is 6.44. The van der Waals surface area contributed by atoms with Crippen molar-refractivity contribution >= 4 is 33.3 Å². The molecule has 0 aliphatic carbocycles. The lowest BCUT2D eigenvalue weighted by atomic mass is 10.3. The van der Waals surface area contributed by atoms with Crippen LogP contribution in [0.5, 0.6) is 5.75 Å². The number of para-hydroxylation sites is 1. The first-order valence-corrected chi connectivity index (χ1v) is 7.59. The van der Waals surface area contributed by atoms with E-state index in [9.17, 15) is 4.79 Å². The van der Waals surface area contributed by atoms with Crippen molar-refractivity contribution < 1.29 is 9.53 Å². The summed E-state index contributed by atoms with van der Waals surface area (Å²) in [6.45, 7) is 0.398. The minimum atomic E-state index is -0.271. The number of nitrogens with zero attached hydrogens (tertiary/aromatic N) is 1. The first-order valence-electron chi connectivity index (χ1n) is 6.78. The number of thiazole rings is 1. The smallest absolute Gasteiger partial charge is 0.319 e. The Morgan fingerprint density at radius 1 is 1.23 bits per heavy atom. The zero-order valence-corrected chi connectivity index (χ0v) is 12.8. The highest BCUT2D eigenvalue weighted by atomic mass is 32.1. The zero-order chi connectivity index (χ0) is 15.4. The van der Waals surface area contributed by atoms with Gasteiger partial charge < -0.3 is 15.4 Å². The Bertz CT molecular complexity index is 768. The van der Waals surface area contributed by atoms with Gasteiger partial charge in [-0.25, -0.2) is 9.78 Å². The molecule has 5 nitrogen and oxygen atoms in total. The SMILES string of the molecule is COc1cccc(NC(=O)NCc2nc3ccccc3s2)c1. The second-order valence-corrected chi connectivity index (χ2v) is 5.73. The van der Waals surface area contributed by atoms with Gasteiger partial charge in [-0.1, -0.05) is 18.2 Å². The van der Waals surface area contributed by atoms with E-state index in [4.69, 9.17) is 4.74 Å². The van der Waals surface area contributed by atoms with E-state index in [1.165, 1.54) is 0 Å². The molecule has 6 heteroatoms. The van der Waals surface area contributed by atoms with Crippen molar-refractivity contribution in [3.63, 3.8) is 0 Å². The molecule has 3 rings (SSSR count). The minimum absolute atomic E-state index is 0.271. The van der Waals surface area contributed by atoms with E-state index in [1.807, 2.05) is 36.4 Å². The van der Waals surface area contributed by atoms with Gasteiger partial charge in [-0.15, -0.1) is 11.3 Å². The van der Waals surface area contributed by atoms with Gasteiger partial charge in [0.1, 0.15) is 10.8 Å². The summed E-state index contributed by atoms with van der Waals surface area (Å²) in [6.07, 6.45) is 0. The number of urea groups is 1. The van der Waals surface area contributed by atoms with Gasteiger partial charge >= 0.3 is 6.03 Å². The fourth-order valence-corrected chi connectivity index (χ4v) is 2.93. The summed E-state index contributed by atoms with van der Waals surface area (Å²) in [5.41, 5.74) is 1.64. The van der Waals surface area contributed by atoms with Crippen LogP contribution >= 0.6 is 11.3 Å². The summed E-state index contributed by atoms with van der Waals surface area (Å²) in [5, 5.41) is 6.45. The number of nitrogens with one attached hydrogen (secondary N) is 2. The van der Waals surface area contributed by atoms with Crippen molar-refractivity contribution in [2.75, 3.05) is 12.4 Å². The predicted molar refractivity (Wildman–Crippen MR) is 88.5 cm³/mol. The topological polar surface area (TPSA) is 63.2 Å². The van der Waals surface area contributed by atoms with E-state index in [0.29, 0.717) is 18.0 Å². The zero-order valence-electron chi connectivity index (χ0n) is 12.0. The molecule has 2 aromatic carbocycles. The Morgan fingerprint density at radius 3 is 2.91 bits per heavy atom. The molecule has 0 spiro atoms. The van der Waals surface area contributed by atoms with Crippen LogP contribution in [0.3, 0.4) is 0 Å². The number of aromatic nitrogens is 1. The van der Waals surface area contributed by atoms with Crippen LogP contribution in [0, 0.1) is 0 Å². The van der Waals surface area contributed by atoms with Crippen molar-refractivity contribution in [3.8, 4) is 5.75 Å². The molecule has 0 saturated heterocycles. The van der Waals surface area contributed by atoms with Crippen LogP contribution in [0.1, 0.15) is 5.01 Å². The number of hydrogen-bond acceptors (Lipinski definition) is 4. The summed E-state index contributed by atoms with van der Waals surface area (Å²) >= 11 is 1.58. The first kappa shape index (κ1) is 14.3. The molecule has 0 unspecified atom stereocenters. The maximum atomic E-state index is 11.9. The fourth-order valence-electron chi connectivity index (χ4n) is 2.03. The van der Waals surface area contributed by atoms with E-state index in [-0.39, 0.29) is 6.03 Å². The molecule has 0 bridgehead atoms. The van der Waals surface area contributed by atoms with E-state index in [0.717, 1.165) is 15.2 Å². The van der Waals surface area contributed by atoms with Gasteiger partial charge in [-0.2, -0.15) is 0 Å². The van der Waals surface area contributed by atoms with Gasteiger partial charge in [0.25, 0.3) is 0 Å². The summed E-state index contributed by atoms with van der Waals surface area (Å²) in [5.74, 6) is 0.698. The summed E-state index contributed by atoms with van der Waals surface area (Å²) in [7, 11) is 1.59. The third-order valence-corrected chi connectivity index (χ3v) is 4.10. The number of carbonyl (C=O) groups is 1. The number of fused-ring (bicyclic) bond motifs is 1. The van der Waals surface area contributed by atoms with Crippen molar-refractivity contribution in [2.45, 2.75) is 6.54 Å². The molecule has 2 N–H and O–H groups in total. The molecule has 3 aromatic rings. The molecular weight excluding hydrogens is 298 g/mol. The number of anilines is 1. The minimum Gasteiger partial charge on any atom is -0.497 e. The van der Waals surface area contributed by atoms with Gasteiger partial charge in [-0.3, -0.25) is 0 Å². The normalized spacial score (nSPS) is 10.4. The molecule has 1 aromatic heterocycles. The second-order valence-electron chi connectivity index (χ2n) is 4.61. The number of carbonyl (C=O) groups excluding carboxylic acids is 1. The van der Waals surface area contributed by atoms with E-state index in [1.54, 1.807) is 30.6 Å². The van der Waals surface area contributed by atoms with Gasteiger partial charge in [0.05, 0.1) is 23.9 Å². The average Bonchev–Trinajstić information content (AvgIpc) is 2.96. The van der Waals surface area contributed by atoms with Crippen molar-refractivity contribution in [3.05, 3.63) is 53.5 Å². The third kappa shape index (κ3) is 3.35. The third-order valence-electron chi connectivity index (χ3n) is 3.07. The first-order chi connectivity index (χ1) is 10.7. The summed E-state index contributed by atoms with van der Waals surface area (Å²) in [4.78, 5) is 16.4. The van der Waals surface area contributed by atoms with Gasteiger partial charge in [0, 0.05) is 11.8 Å². The molecule has 112 valence electrons. The fraction of sp³-hybridized carbons (Fsp3) is 0.125. The summed E-state index contributed by atoms with van der Waals surface area (Å²) in [6, 6.07) is 14.9. The van der Waals surface area contributed by atoms with Gasteiger partial charge in [-0.05, 0) is 24.3 Å². The number of benzene rings is 2. The number of rotatable bonds is 4. The maximum Gasteiger partial charge on any atom is 0.319 e. The number of ether oxygens (including phenoxy) is 1. The summed E-state index contributed by atoms with van der Waals surface area (Å²) < 4.78 is 6.24. The maximum absolute atomic E-state index is 11.9. The lowest BCUT2D eigenvalue weighted by molar-refractivity contribution is 0.251. The van der Waals surface area contributed by atoms with Gasteiger partial charge in [0.15, 0.2) is 0 Å². The van der Waals surface area contributed by atoms with Crippen LogP contribution in [0.15, 0.2) is 48.5 Å². The standard InChI is InChI=1S/C16H15N3O2S/c1-21-12-6-4-5-11(9-12)18-16(20)17-10-15-19-13-7-2-3-8-14(13)22-15/h2-9H,10H2,1H3,(H2,17,18,20). The van der Waals surface area contributed by atoms with Crippen molar-refractivity contribution in [1.82, 2.24) is 10.3 Å². The number of methoxy groups -OCH3 is 1. The average molecular weight is 313 g/mol. The van der Waals surface area contributed by atoms with Crippen LogP contribution in [0.4, 0.5) is 10.5 Å². The Labute approximate surface area is 131 Å². The molecule has 1 heterocycles. The van der Waals surface area contributed by atoms with Crippen molar-refractivity contribution in [1.29, 1.82) is 0 Å². The Balaban J connectivity index is 1.59. The number of amides is 2. The van der Waals surface area contributed by atoms with E-state index in [2.05, 4.69) is 15.6 Å². The van der Waals surface area contributed by atoms with E-state index < -0.39 is 0 Å². The molecular formula is C16H15N3O2S. The molecule has 0 aliphatic rings. The lowest BCUT2D eigenvalue weighted by Gasteiger charge is -2.07. The highest BCUT2D eigenvalue weighted by molar-refractivity contribution is 7.18. The molecule has 0 saturated carbocycles. The molecule has 0 radical (unpaired) electrons. The van der Waals surface area contributed by atoms with Crippen molar-refractivity contribution in [2.24, 2.45) is 0 Å². The van der Waals surface area contributed by atoms with E-state index >= 15 is 0 Å². The molecule has 2 amide bonds. The predicted octanol–water partition coefficient (Wildman–Crippen LogP) is 3.63. The van der Waals surface area contributed by atoms with Crippen LogP contribution in [0.25, 0.3) is 10.2 Å². The molecule has 0 fully saturated rings. The monoisotopic (exact) mass is 313 g/mol. The molecule has 0 atom stereocenters. The van der Waals surface area contributed by atoms with Crippen LogP contribution < -0.4 is 15.4 Å². The highest BCUT2D eigenvalue weighted by Crippen LogP contribution is 2.21. The van der Waals surface area contributed by atoms with Crippen LogP contribution in [-0.2, 0) is 6.54 Å². The van der Waals surface area contributed by atoms with Gasteiger partial charge in [0.2, 0.25) is 0 Å². The largest absolute Gasteiger partial charge is 0.497 e. The Morgan fingerprint density at radius 2 is 2.09 bits per heavy atom. The Kier molecular flexibility index (Phi) is 4.20.